The van der Waals surface area contributed by atoms with Gasteiger partial charge in [0.05, 0.1) is 18.8 Å². The highest BCUT2D eigenvalue weighted by molar-refractivity contribution is 6.25. The lowest BCUT2D eigenvalue weighted by atomic mass is 9.83. The lowest BCUT2D eigenvalue weighted by molar-refractivity contribution is -0.118. The Balaban J connectivity index is 1.75. The van der Waals surface area contributed by atoms with Crippen molar-refractivity contribution in [2.45, 2.75) is 18.4 Å². The molecule has 2 aliphatic rings. The van der Waals surface area contributed by atoms with E-state index in [0.29, 0.717) is 11.5 Å². The number of ether oxygens (including phenoxy) is 1. The molecule has 138 valence electrons. The number of piperidine rings is 1. The summed E-state index contributed by atoms with van der Waals surface area (Å²) in [5, 5.41) is 0. The van der Waals surface area contributed by atoms with E-state index < -0.39 is 11.8 Å². The molecular formula is C20H18FN3O3. The zero-order chi connectivity index (χ0) is 19.1. The summed E-state index contributed by atoms with van der Waals surface area (Å²) in [5.74, 6) is 0.318. The standard InChI is InChI=1S/C20H18FN3O3/c1-23-18-16(12-3-9-15(27-2)10-4-12)11-17(25)24(19(18)22-20(23)26)14-7-5-13(21)6-8-14/h3-10,16,18H,11H2,1-2H3/t16-,18+/m0/s1. The largest absolute Gasteiger partial charge is 0.497 e. The third-order valence-electron chi connectivity index (χ3n) is 5.08. The van der Waals surface area contributed by atoms with E-state index in [0.717, 1.165) is 11.3 Å². The molecule has 4 rings (SSSR count). The molecule has 0 aromatic heterocycles. The highest BCUT2D eigenvalue weighted by Crippen LogP contribution is 2.38. The van der Waals surface area contributed by atoms with E-state index in [1.165, 1.54) is 29.2 Å². The Labute approximate surface area is 155 Å². The number of likely N-dealkylation sites (N-methyl/N-ethyl adjacent to an activating group) is 1. The summed E-state index contributed by atoms with van der Waals surface area (Å²) in [6, 6.07) is 12.3. The van der Waals surface area contributed by atoms with Gasteiger partial charge in [-0.1, -0.05) is 12.1 Å². The van der Waals surface area contributed by atoms with E-state index in [1.54, 1.807) is 19.1 Å². The van der Waals surface area contributed by atoms with Crippen LogP contribution in [-0.2, 0) is 4.79 Å². The number of amides is 3. The van der Waals surface area contributed by atoms with Gasteiger partial charge in [-0.05, 0) is 42.0 Å². The van der Waals surface area contributed by atoms with Crippen LogP contribution in [0.1, 0.15) is 17.9 Å². The number of amidine groups is 1. The van der Waals surface area contributed by atoms with E-state index in [-0.39, 0.29) is 24.3 Å². The average Bonchev–Trinajstić information content (AvgIpc) is 2.97. The first-order valence-electron chi connectivity index (χ1n) is 8.57. The van der Waals surface area contributed by atoms with Crippen LogP contribution in [0, 0.1) is 5.82 Å². The number of methoxy groups -OCH3 is 1. The molecule has 1 saturated heterocycles. The molecule has 2 aromatic rings. The number of anilines is 1. The number of urea groups is 1. The second-order valence-corrected chi connectivity index (χ2v) is 6.60. The predicted molar refractivity (Wildman–Crippen MR) is 98.6 cm³/mol. The van der Waals surface area contributed by atoms with Gasteiger partial charge in [0.25, 0.3) is 0 Å². The molecule has 2 atom stereocenters. The molecule has 2 aliphatic heterocycles. The van der Waals surface area contributed by atoms with Crippen molar-refractivity contribution in [3.8, 4) is 5.75 Å². The number of carbonyl (C=O) groups excluding carboxylic acids is 2. The van der Waals surface area contributed by atoms with Crippen LogP contribution in [0.25, 0.3) is 0 Å². The maximum Gasteiger partial charge on any atom is 0.345 e. The van der Waals surface area contributed by atoms with Crippen LogP contribution in [0.3, 0.4) is 0 Å². The maximum atomic E-state index is 13.3. The fourth-order valence-corrected chi connectivity index (χ4v) is 3.70. The first-order chi connectivity index (χ1) is 13.0. The molecule has 1 fully saturated rings. The van der Waals surface area contributed by atoms with Crippen LogP contribution in [-0.4, -0.2) is 42.9 Å². The molecule has 2 aromatic carbocycles. The van der Waals surface area contributed by atoms with Gasteiger partial charge in [-0.25, -0.2) is 9.18 Å². The third-order valence-corrected chi connectivity index (χ3v) is 5.08. The van der Waals surface area contributed by atoms with Crippen LogP contribution >= 0.6 is 0 Å². The van der Waals surface area contributed by atoms with Gasteiger partial charge in [0.1, 0.15) is 17.4 Å². The third kappa shape index (κ3) is 2.85. The van der Waals surface area contributed by atoms with Crippen LogP contribution < -0.4 is 9.64 Å². The van der Waals surface area contributed by atoms with Gasteiger partial charge in [0.2, 0.25) is 5.91 Å². The molecule has 7 heteroatoms. The van der Waals surface area contributed by atoms with Gasteiger partial charge >= 0.3 is 6.03 Å². The molecular weight excluding hydrogens is 349 g/mol. The van der Waals surface area contributed by atoms with Crippen LogP contribution in [0.15, 0.2) is 53.5 Å². The quantitative estimate of drug-likeness (QED) is 0.837. The fraction of sp³-hybridized carbons (Fsp3) is 0.250. The monoisotopic (exact) mass is 367 g/mol. The van der Waals surface area contributed by atoms with Crippen molar-refractivity contribution in [2.75, 3.05) is 19.1 Å². The molecule has 0 spiro atoms. The summed E-state index contributed by atoms with van der Waals surface area (Å²) in [6.45, 7) is 0. The number of halogens is 1. The Kier molecular flexibility index (Phi) is 4.14. The summed E-state index contributed by atoms with van der Waals surface area (Å²) in [6.07, 6.45) is 0.213. The minimum Gasteiger partial charge on any atom is -0.497 e. The van der Waals surface area contributed by atoms with Crippen molar-refractivity contribution >= 4 is 23.5 Å². The topological polar surface area (TPSA) is 62.2 Å². The highest BCUT2D eigenvalue weighted by atomic mass is 19.1. The number of rotatable bonds is 3. The Morgan fingerprint density at radius 2 is 1.74 bits per heavy atom. The van der Waals surface area contributed by atoms with Crippen molar-refractivity contribution < 1.29 is 18.7 Å². The second kappa shape index (κ2) is 6.50. The normalized spacial score (nSPS) is 22.0. The summed E-state index contributed by atoms with van der Waals surface area (Å²) in [4.78, 5) is 32.3. The number of carbonyl (C=O) groups is 2. The van der Waals surface area contributed by atoms with Gasteiger partial charge in [-0.2, -0.15) is 4.99 Å². The zero-order valence-corrected chi connectivity index (χ0v) is 14.9. The molecule has 0 aliphatic carbocycles. The minimum absolute atomic E-state index is 0.180. The van der Waals surface area contributed by atoms with E-state index in [1.807, 2.05) is 24.3 Å². The number of hydrogen-bond donors (Lipinski definition) is 0. The Hall–Kier alpha value is -3.22. The summed E-state index contributed by atoms with van der Waals surface area (Å²) in [5.41, 5.74) is 1.43. The van der Waals surface area contributed by atoms with Gasteiger partial charge in [0, 0.05) is 19.4 Å². The van der Waals surface area contributed by atoms with Gasteiger partial charge in [0.15, 0.2) is 0 Å². The molecule has 0 bridgehead atoms. The maximum absolute atomic E-state index is 13.3. The van der Waals surface area contributed by atoms with E-state index >= 15 is 0 Å². The lowest BCUT2D eigenvalue weighted by Gasteiger charge is -2.39. The average molecular weight is 367 g/mol. The van der Waals surface area contributed by atoms with E-state index in [4.69, 9.17) is 4.74 Å². The molecule has 6 nitrogen and oxygen atoms in total. The smallest absolute Gasteiger partial charge is 0.345 e. The molecule has 0 N–H and O–H groups in total. The van der Waals surface area contributed by atoms with E-state index in [9.17, 15) is 14.0 Å². The number of fused-ring (bicyclic) bond motifs is 1. The second-order valence-electron chi connectivity index (χ2n) is 6.60. The number of benzene rings is 2. The number of nitrogens with zero attached hydrogens (tertiary/aromatic N) is 3. The first-order valence-corrected chi connectivity index (χ1v) is 8.57. The van der Waals surface area contributed by atoms with Crippen LogP contribution in [0.4, 0.5) is 14.9 Å². The Morgan fingerprint density at radius 3 is 2.37 bits per heavy atom. The predicted octanol–water partition coefficient (Wildman–Crippen LogP) is 3.19. The molecule has 0 saturated carbocycles. The van der Waals surface area contributed by atoms with Crippen molar-refractivity contribution in [1.82, 2.24) is 4.90 Å². The zero-order valence-electron chi connectivity index (χ0n) is 14.9. The highest BCUT2D eigenvalue weighted by Gasteiger charge is 2.48. The van der Waals surface area contributed by atoms with E-state index in [2.05, 4.69) is 4.99 Å². The van der Waals surface area contributed by atoms with Gasteiger partial charge in [-0.15, -0.1) is 0 Å². The molecule has 0 radical (unpaired) electrons. The minimum atomic E-state index is -0.393. The van der Waals surface area contributed by atoms with Crippen LogP contribution in [0.2, 0.25) is 0 Å². The van der Waals surface area contributed by atoms with Crippen molar-refractivity contribution in [2.24, 2.45) is 4.99 Å². The Bertz CT molecular complexity index is 924. The lowest BCUT2D eigenvalue weighted by Crippen LogP contribution is -2.54. The first kappa shape index (κ1) is 17.2. The van der Waals surface area contributed by atoms with Gasteiger partial charge < -0.3 is 9.64 Å². The van der Waals surface area contributed by atoms with Crippen molar-refractivity contribution in [3.63, 3.8) is 0 Å². The van der Waals surface area contributed by atoms with Crippen LogP contribution in [0.5, 0.6) is 5.75 Å². The SMILES string of the molecule is COc1ccc([C@@H]2CC(=O)N(c3ccc(F)cc3)C3=NC(=O)N(C)[C@@H]32)cc1. The fourth-order valence-electron chi connectivity index (χ4n) is 3.70. The molecule has 27 heavy (non-hydrogen) atoms. The summed E-state index contributed by atoms with van der Waals surface area (Å²) >= 11 is 0. The molecule has 0 unspecified atom stereocenters. The number of aliphatic imine (C=N–C) groups is 1. The van der Waals surface area contributed by atoms with Crippen molar-refractivity contribution in [1.29, 1.82) is 0 Å². The van der Waals surface area contributed by atoms with Crippen molar-refractivity contribution in [3.05, 3.63) is 59.9 Å². The summed E-state index contributed by atoms with van der Waals surface area (Å²) in [7, 11) is 3.27. The molecule has 2 heterocycles. The van der Waals surface area contributed by atoms with Gasteiger partial charge in [-0.3, -0.25) is 9.69 Å². The number of hydrogen-bond acceptors (Lipinski definition) is 3. The Morgan fingerprint density at radius 1 is 1.07 bits per heavy atom. The summed E-state index contributed by atoms with van der Waals surface area (Å²) < 4.78 is 18.5. The molecule has 3 amide bonds.